The number of carboxylic acids is 1. The van der Waals surface area contributed by atoms with Crippen molar-refractivity contribution in [1.82, 2.24) is 0 Å². The largest absolute Gasteiger partial charge is 0.479 e. The number of carbonyl (C=O) groups is 3. The molecule has 0 fully saturated rings. The standard InChI is InChI=1S/C29H28O6/c1-20(29(33)34-2)23-15-18-26(24(19-23)25(30)16-13-21-9-5-3-6-10-21)35-27(28(31)32)17-14-22-11-7-4-8-12-22/h3-13,15-16,18-20,27H,14,17H2,1-2H3,(H,31,32)/b16-13+. The van der Waals surface area contributed by atoms with Crippen LogP contribution in [0.1, 0.15) is 46.3 Å². The van der Waals surface area contributed by atoms with Crippen molar-refractivity contribution < 1.29 is 29.0 Å². The Kier molecular flexibility index (Phi) is 8.95. The summed E-state index contributed by atoms with van der Waals surface area (Å²) in [5, 5.41) is 9.76. The van der Waals surface area contributed by atoms with Crippen LogP contribution in [-0.4, -0.2) is 36.0 Å². The van der Waals surface area contributed by atoms with Crippen LogP contribution in [0.5, 0.6) is 5.75 Å². The Hall–Kier alpha value is -4.19. The second-order valence-corrected chi connectivity index (χ2v) is 8.08. The normalized spacial score (nSPS) is 12.6. The Labute approximate surface area is 204 Å². The van der Waals surface area contributed by atoms with Gasteiger partial charge in [-0.1, -0.05) is 72.8 Å². The molecule has 2 atom stereocenters. The van der Waals surface area contributed by atoms with Gasteiger partial charge < -0.3 is 14.6 Å². The maximum atomic E-state index is 13.2. The summed E-state index contributed by atoms with van der Waals surface area (Å²) in [7, 11) is 1.30. The van der Waals surface area contributed by atoms with E-state index < -0.39 is 24.0 Å². The first-order valence-corrected chi connectivity index (χ1v) is 11.3. The van der Waals surface area contributed by atoms with Crippen LogP contribution in [0.15, 0.2) is 84.9 Å². The van der Waals surface area contributed by atoms with Crippen molar-refractivity contribution in [3.63, 3.8) is 0 Å². The first-order chi connectivity index (χ1) is 16.9. The number of hydrogen-bond donors (Lipinski definition) is 1. The van der Waals surface area contributed by atoms with Crippen molar-refractivity contribution in [2.24, 2.45) is 0 Å². The number of allylic oxidation sites excluding steroid dienone is 1. The molecular weight excluding hydrogens is 444 g/mol. The van der Waals surface area contributed by atoms with Crippen LogP contribution in [0.3, 0.4) is 0 Å². The first-order valence-electron chi connectivity index (χ1n) is 11.3. The maximum absolute atomic E-state index is 13.2. The Bertz CT molecular complexity index is 1180. The van der Waals surface area contributed by atoms with Gasteiger partial charge in [0, 0.05) is 0 Å². The number of aryl methyl sites for hydroxylation is 1. The molecule has 2 unspecified atom stereocenters. The van der Waals surface area contributed by atoms with Gasteiger partial charge in [0.15, 0.2) is 11.9 Å². The number of carboxylic acid groups (broad SMARTS) is 1. The summed E-state index contributed by atoms with van der Waals surface area (Å²) in [5.41, 5.74) is 2.58. The quantitative estimate of drug-likeness (QED) is 0.231. The van der Waals surface area contributed by atoms with Gasteiger partial charge in [0.1, 0.15) is 5.75 Å². The van der Waals surface area contributed by atoms with Crippen LogP contribution in [0.2, 0.25) is 0 Å². The SMILES string of the molecule is COC(=O)C(C)c1ccc(OC(CCc2ccccc2)C(=O)O)c(C(=O)/C=C/c2ccccc2)c1. The zero-order valence-electron chi connectivity index (χ0n) is 19.7. The molecule has 0 saturated heterocycles. The summed E-state index contributed by atoms with van der Waals surface area (Å²) < 4.78 is 10.7. The lowest BCUT2D eigenvalue weighted by Crippen LogP contribution is -2.28. The molecule has 0 spiro atoms. The van der Waals surface area contributed by atoms with Crippen molar-refractivity contribution >= 4 is 23.8 Å². The van der Waals surface area contributed by atoms with Gasteiger partial charge in [-0.3, -0.25) is 9.59 Å². The highest BCUT2D eigenvalue weighted by Gasteiger charge is 2.24. The van der Waals surface area contributed by atoms with E-state index in [0.717, 1.165) is 11.1 Å². The minimum atomic E-state index is -1.15. The molecule has 0 aliphatic heterocycles. The second kappa shape index (κ2) is 12.3. The highest BCUT2D eigenvalue weighted by atomic mass is 16.5. The first kappa shape index (κ1) is 25.4. The number of carbonyl (C=O) groups excluding carboxylic acids is 2. The van der Waals surface area contributed by atoms with Crippen LogP contribution in [0, 0.1) is 0 Å². The average molecular weight is 473 g/mol. The van der Waals surface area contributed by atoms with Crippen molar-refractivity contribution in [3.8, 4) is 5.75 Å². The zero-order chi connectivity index (χ0) is 25.2. The van der Waals surface area contributed by atoms with Gasteiger partial charge in [0.05, 0.1) is 18.6 Å². The number of aliphatic carboxylic acids is 1. The summed E-state index contributed by atoms with van der Waals surface area (Å²) in [5.74, 6) is -2.38. The third-order valence-electron chi connectivity index (χ3n) is 5.63. The molecule has 0 aromatic heterocycles. The monoisotopic (exact) mass is 472 g/mol. The molecule has 0 aliphatic rings. The molecule has 6 heteroatoms. The Morgan fingerprint density at radius 1 is 0.943 bits per heavy atom. The van der Waals surface area contributed by atoms with Crippen LogP contribution in [-0.2, 0) is 20.7 Å². The minimum Gasteiger partial charge on any atom is -0.479 e. The van der Waals surface area contributed by atoms with Gasteiger partial charge in [0.25, 0.3) is 0 Å². The highest BCUT2D eigenvalue weighted by Crippen LogP contribution is 2.28. The average Bonchev–Trinajstić information content (AvgIpc) is 2.89. The lowest BCUT2D eigenvalue weighted by atomic mass is 9.96. The third kappa shape index (κ3) is 7.14. The Morgan fingerprint density at radius 3 is 2.23 bits per heavy atom. The predicted octanol–water partition coefficient (Wildman–Crippen LogP) is 5.32. The fraction of sp³-hybridized carbons (Fsp3) is 0.207. The molecular formula is C29H28O6. The van der Waals surface area contributed by atoms with E-state index in [1.807, 2.05) is 60.7 Å². The molecule has 0 aliphatic carbocycles. The summed E-state index contributed by atoms with van der Waals surface area (Å²) in [6.45, 7) is 1.68. The molecule has 3 aromatic carbocycles. The van der Waals surface area contributed by atoms with E-state index in [9.17, 15) is 19.5 Å². The summed E-state index contributed by atoms with van der Waals surface area (Å²) in [6.07, 6.45) is 2.67. The number of ether oxygens (including phenoxy) is 2. The molecule has 0 saturated carbocycles. The molecule has 0 radical (unpaired) electrons. The van der Waals surface area contributed by atoms with Gasteiger partial charge in [-0.05, 0) is 54.7 Å². The van der Waals surface area contributed by atoms with E-state index in [-0.39, 0.29) is 23.5 Å². The topological polar surface area (TPSA) is 89.9 Å². The van der Waals surface area contributed by atoms with Crippen LogP contribution in [0.25, 0.3) is 6.08 Å². The van der Waals surface area contributed by atoms with Gasteiger partial charge in [-0.25, -0.2) is 4.79 Å². The van der Waals surface area contributed by atoms with E-state index in [4.69, 9.17) is 9.47 Å². The molecule has 0 bridgehead atoms. The summed E-state index contributed by atoms with van der Waals surface area (Å²) in [4.78, 5) is 37.1. The van der Waals surface area contributed by atoms with Crippen molar-refractivity contribution in [1.29, 1.82) is 0 Å². The van der Waals surface area contributed by atoms with Crippen molar-refractivity contribution in [3.05, 3.63) is 107 Å². The smallest absolute Gasteiger partial charge is 0.344 e. The van der Waals surface area contributed by atoms with Gasteiger partial charge in [-0.15, -0.1) is 0 Å². The van der Waals surface area contributed by atoms with E-state index in [2.05, 4.69) is 0 Å². The number of esters is 1. The van der Waals surface area contributed by atoms with Crippen molar-refractivity contribution in [2.45, 2.75) is 31.8 Å². The number of hydrogen-bond acceptors (Lipinski definition) is 5. The fourth-order valence-electron chi connectivity index (χ4n) is 3.58. The predicted molar refractivity (Wildman–Crippen MR) is 133 cm³/mol. The molecule has 180 valence electrons. The molecule has 1 N–H and O–H groups in total. The van der Waals surface area contributed by atoms with E-state index >= 15 is 0 Å². The van der Waals surface area contributed by atoms with Gasteiger partial charge >= 0.3 is 11.9 Å². The lowest BCUT2D eigenvalue weighted by Gasteiger charge is -2.19. The molecule has 6 nitrogen and oxygen atoms in total. The molecule has 0 amide bonds. The van der Waals surface area contributed by atoms with Gasteiger partial charge in [-0.2, -0.15) is 0 Å². The van der Waals surface area contributed by atoms with Crippen LogP contribution in [0.4, 0.5) is 0 Å². The molecule has 35 heavy (non-hydrogen) atoms. The number of methoxy groups -OCH3 is 1. The summed E-state index contributed by atoms with van der Waals surface area (Å²) in [6, 6.07) is 23.6. The molecule has 3 rings (SSSR count). The third-order valence-corrected chi connectivity index (χ3v) is 5.63. The van der Waals surface area contributed by atoms with E-state index in [1.54, 1.807) is 25.1 Å². The Morgan fingerprint density at radius 2 is 1.60 bits per heavy atom. The summed E-state index contributed by atoms with van der Waals surface area (Å²) >= 11 is 0. The number of ketones is 1. The number of benzene rings is 3. The van der Waals surface area contributed by atoms with Gasteiger partial charge in [0.2, 0.25) is 0 Å². The lowest BCUT2D eigenvalue weighted by molar-refractivity contribution is -0.145. The molecule has 0 heterocycles. The highest BCUT2D eigenvalue weighted by molar-refractivity contribution is 6.09. The Balaban J connectivity index is 1.90. The maximum Gasteiger partial charge on any atom is 0.344 e. The van der Waals surface area contributed by atoms with E-state index in [0.29, 0.717) is 12.0 Å². The van der Waals surface area contributed by atoms with Crippen LogP contribution >= 0.6 is 0 Å². The minimum absolute atomic E-state index is 0.147. The molecule has 3 aromatic rings. The number of rotatable bonds is 11. The van der Waals surface area contributed by atoms with Crippen molar-refractivity contribution in [2.75, 3.05) is 7.11 Å². The zero-order valence-corrected chi connectivity index (χ0v) is 19.7. The van der Waals surface area contributed by atoms with Crippen LogP contribution < -0.4 is 4.74 Å². The fourth-order valence-corrected chi connectivity index (χ4v) is 3.58. The second-order valence-electron chi connectivity index (χ2n) is 8.08. The van der Waals surface area contributed by atoms with E-state index in [1.165, 1.54) is 19.3 Å².